The Hall–Kier alpha value is -2.77. The van der Waals surface area contributed by atoms with Crippen molar-refractivity contribution in [3.05, 3.63) is 52.4 Å². The summed E-state index contributed by atoms with van der Waals surface area (Å²) in [6.45, 7) is 0. The van der Waals surface area contributed by atoms with E-state index in [0.29, 0.717) is 0 Å². The average Bonchev–Trinajstić information content (AvgIpc) is 2.45. The second-order valence-electron chi connectivity index (χ2n) is 4.13. The molecule has 2 rings (SSSR count). The third-order valence-electron chi connectivity index (χ3n) is 2.75. The van der Waals surface area contributed by atoms with Crippen LogP contribution in [0, 0.1) is 0 Å². The van der Waals surface area contributed by atoms with Gasteiger partial charge < -0.3 is 14.5 Å². The predicted octanol–water partition coefficient (Wildman–Crippen LogP) is 2.73. The van der Waals surface area contributed by atoms with Crippen LogP contribution in [0.2, 0.25) is 0 Å². The van der Waals surface area contributed by atoms with E-state index in [4.69, 9.17) is 0 Å². The number of hydrogen-bond acceptors (Lipinski definition) is 4. The molecule has 0 saturated heterocycles. The Morgan fingerprint density at radius 2 is 1.86 bits per heavy atom. The van der Waals surface area contributed by atoms with E-state index in [1.807, 2.05) is 0 Å². The minimum atomic E-state index is -4.93. The summed E-state index contributed by atoms with van der Waals surface area (Å²) in [5, 5.41) is 0. The third-order valence-corrected chi connectivity index (χ3v) is 2.75. The molecule has 1 aromatic heterocycles. The number of hydrogen-bond donors (Lipinski definition) is 1. The van der Waals surface area contributed by atoms with Crippen LogP contribution in [0.4, 0.5) is 13.2 Å². The van der Waals surface area contributed by atoms with E-state index in [1.54, 1.807) is 0 Å². The average molecular weight is 313 g/mol. The molecule has 0 aliphatic heterocycles. The van der Waals surface area contributed by atoms with Crippen molar-refractivity contribution in [2.75, 3.05) is 7.11 Å². The third kappa shape index (κ3) is 3.27. The standard InChI is InChI=1S/C14H10F3NO4/c1-21-13(20)9-6-7-18-12(19)11(9)8-4-2-3-5-10(8)22-14(15,16)17/h2-7H,1H3,(H,18,19). The van der Waals surface area contributed by atoms with Gasteiger partial charge >= 0.3 is 12.3 Å². The summed E-state index contributed by atoms with van der Waals surface area (Å²) in [5.74, 6) is -1.43. The number of aromatic amines is 1. The maximum Gasteiger partial charge on any atom is 0.573 e. The van der Waals surface area contributed by atoms with Crippen LogP contribution in [-0.2, 0) is 4.74 Å². The molecule has 8 heteroatoms. The van der Waals surface area contributed by atoms with Crippen LogP contribution in [0.5, 0.6) is 5.75 Å². The van der Waals surface area contributed by atoms with E-state index in [2.05, 4.69) is 14.5 Å². The summed E-state index contributed by atoms with van der Waals surface area (Å²) < 4.78 is 45.8. The van der Waals surface area contributed by atoms with E-state index in [1.165, 1.54) is 30.5 Å². The topological polar surface area (TPSA) is 68.4 Å². The van der Waals surface area contributed by atoms with Crippen LogP contribution in [0.15, 0.2) is 41.3 Å². The molecule has 0 saturated carbocycles. The van der Waals surface area contributed by atoms with Crippen molar-refractivity contribution in [3.63, 3.8) is 0 Å². The Morgan fingerprint density at radius 1 is 1.18 bits per heavy atom. The SMILES string of the molecule is COC(=O)c1cc[nH]c(=O)c1-c1ccccc1OC(F)(F)F. The van der Waals surface area contributed by atoms with Crippen molar-refractivity contribution in [2.45, 2.75) is 6.36 Å². The number of halogens is 3. The van der Waals surface area contributed by atoms with Gasteiger partial charge in [-0.2, -0.15) is 0 Å². The zero-order valence-corrected chi connectivity index (χ0v) is 11.2. The van der Waals surface area contributed by atoms with Gasteiger partial charge in [-0.05, 0) is 12.1 Å². The summed E-state index contributed by atoms with van der Waals surface area (Å²) >= 11 is 0. The summed E-state index contributed by atoms with van der Waals surface area (Å²) in [6, 6.07) is 6.28. The number of methoxy groups -OCH3 is 1. The van der Waals surface area contributed by atoms with Crippen molar-refractivity contribution in [1.29, 1.82) is 0 Å². The van der Waals surface area contributed by atoms with Gasteiger partial charge in [-0.25, -0.2) is 4.79 Å². The van der Waals surface area contributed by atoms with Crippen molar-refractivity contribution >= 4 is 5.97 Å². The second-order valence-corrected chi connectivity index (χ2v) is 4.13. The van der Waals surface area contributed by atoms with Gasteiger partial charge in [0.15, 0.2) is 0 Å². The highest BCUT2D eigenvalue weighted by Gasteiger charge is 2.33. The molecule has 0 fully saturated rings. The van der Waals surface area contributed by atoms with Crippen LogP contribution < -0.4 is 10.3 Å². The Balaban J connectivity index is 2.68. The number of aromatic nitrogens is 1. The van der Waals surface area contributed by atoms with Gasteiger partial charge in [0.1, 0.15) is 5.75 Å². The first-order valence-electron chi connectivity index (χ1n) is 5.98. The van der Waals surface area contributed by atoms with Crippen LogP contribution in [-0.4, -0.2) is 24.4 Å². The number of H-pyrrole nitrogens is 1. The molecule has 2 aromatic rings. The minimum absolute atomic E-state index is 0.163. The number of pyridine rings is 1. The number of carbonyl (C=O) groups excluding carboxylic acids is 1. The highest BCUT2D eigenvalue weighted by Crippen LogP contribution is 2.33. The molecule has 116 valence electrons. The first-order valence-corrected chi connectivity index (χ1v) is 5.98. The number of carbonyl (C=O) groups is 1. The summed E-state index contributed by atoms with van der Waals surface area (Å²) in [4.78, 5) is 26.0. The maximum absolute atomic E-state index is 12.5. The molecule has 1 heterocycles. The molecule has 0 bridgehead atoms. The number of benzene rings is 1. The highest BCUT2D eigenvalue weighted by atomic mass is 19.4. The van der Waals surface area contributed by atoms with E-state index in [9.17, 15) is 22.8 Å². The van der Waals surface area contributed by atoms with Crippen LogP contribution in [0.1, 0.15) is 10.4 Å². The van der Waals surface area contributed by atoms with Crippen molar-refractivity contribution in [3.8, 4) is 16.9 Å². The lowest BCUT2D eigenvalue weighted by Crippen LogP contribution is -2.20. The van der Waals surface area contributed by atoms with E-state index in [0.717, 1.165) is 13.2 Å². The molecule has 1 aromatic carbocycles. The summed E-state index contributed by atoms with van der Waals surface area (Å²) in [5.41, 5.74) is -1.32. The summed E-state index contributed by atoms with van der Waals surface area (Å²) in [7, 11) is 1.10. The molecule has 0 atom stereocenters. The lowest BCUT2D eigenvalue weighted by molar-refractivity contribution is -0.274. The van der Waals surface area contributed by atoms with Crippen molar-refractivity contribution in [1.82, 2.24) is 4.98 Å². The van der Waals surface area contributed by atoms with Crippen molar-refractivity contribution in [2.24, 2.45) is 0 Å². The minimum Gasteiger partial charge on any atom is -0.465 e. The Bertz CT molecular complexity index is 752. The van der Waals surface area contributed by atoms with Gasteiger partial charge in [-0.1, -0.05) is 18.2 Å². The van der Waals surface area contributed by atoms with Gasteiger partial charge in [-0.15, -0.1) is 13.2 Å². The Morgan fingerprint density at radius 3 is 2.50 bits per heavy atom. The molecule has 1 N–H and O–H groups in total. The molecule has 0 amide bonds. The van der Waals surface area contributed by atoms with E-state index < -0.39 is 23.6 Å². The van der Waals surface area contributed by atoms with Gasteiger partial charge in [0, 0.05) is 11.8 Å². The normalized spacial score (nSPS) is 11.1. The van der Waals surface area contributed by atoms with Gasteiger partial charge in [0.25, 0.3) is 5.56 Å². The number of ether oxygens (including phenoxy) is 2. The molecule has 0 spiro atoms. The fourth-order valence-corrected chi connectivity index (χ4v) is 1.91. The molecule has 22 heavy (non-hydrogen) atoms. The second kappa shape index (κ2) is 5.92. The number of nitrogens with one attached hydrogen (secondary N) is 1. The van der Waals surface area contributed by atoms with Gasteiger partial charge in [0.2, 0.25) is 0 Å². The lowest BCUT2D eigenvalue weighted by atomic mass is 10.0. The smallest absolute Gasteiger partial charge is 0.465 e. The van der Waals surface area contributed by atoms with Gasteiger partial charge in [-0.3, -0.25) is 4.79 Å². The maximum atomic E-state index is 12.5. The fraction of sp³-hybridized carbons (Fsp3) is 0.143. The van der Waals surface area contributed by atoms with Crippen LogP contribution in [0.25, 0.3) is 11.1 Å². The fourth-order valence-electron chi connectivity index (χ4n) is 1.91. The molecule has 0 aliphatic carbocycles. The van der Waals surface area contributed by atoms with E-state index in [-0.39, 0.29) is 16.7 Å². The monoisotopic (exact) mass is 313 g/mol. The van der Waals surface area contributed by atoms with Crippen molar-refractivity contribution < 1.29 is 27.4 Å². The molecule has 0 radical (unpaired) electrons. The molecule has 5 nitrogen and oxygen atoms in total. The van der Waals surface area contributed by atoms with Crippen LogP contribution in [0.3, 0.4) is 0 Å². The van der Waals surface area contributed by atoms with E-state index >= 15 is 0 Å². The zero-order chi connectivity index (χ0) is 16.3. The Labute approximate surface area is 122 Å². The number of alkyl halides is 3. The quantitative estimate of drug-likeness (QED) is 0.885. The largest absolute Gasteiger partial charge is 0.573 e. The predicted molar refractivity (Wildman–Crippen MR) is 70.5 cm³/mol. The number of rotatable bonds is 3. The molecular formula is C14H10F3NO4. The lowest BCUT2D eigenvalue weighted by Gasteiger charge is -2.14. The zero-order valence-electron chi connectivity index (χ0n) is 11.2. The molecule has 0 aliphatic rings. The first kappa shape index (κ1) is 15.6. The highest BCUT2D eigenvalue weighted by molar-refractivity contribution is 5.97. The molecular weight excluding hydrogens is 303 g/mol. The molecule has 0 unspecified atom stereocenters. The number of esters is 1. The number of para-hydroxylation sites is 1. The van der Waals surface area contributed by atoms with Crippen LogP contribution >= 0.6 is 0 Å². The summed E-state index contributed by atoms with van der Waals surface area (Å²) in [6.07, 6.45) is -3.73. The van der Waals surface area contributed by atoms with Gasteiger partial charge in [0.05, 0.1) is 18.2 Å². The Kier molecular flexibility index (Phi) is 4.20. The first-order chi connectivity index (χ1) is 10.3.